The summed E-state index contributed by atoms with van der Waals surface area (Å²) in [6.07, 6.45) is -1.61. The maximum absolute atomic E-state index is 13.7. The van der Waals surface area contributed by atoms with Crippen LogP contribution in [0.5, 0.6) is 5.75 Å². The van der Waals surface area contributed by atoms with Gasteiger partial charge >= 0.3 is 0 Å². The van der Waals surface area contributed by atoms with Gasteiger partial charge in [0.05, 0.1) is 12.7 Å². The van der Waals surface area contributed by atoms with Crippen molar-refractivity contribution in [1.82, 2.24) is 0 Å². The smallest absolute Gasteiger partial charge is 0.165 e. The minimum absolute atomic E-state index is 0.0160. The Morgan fingerprint density at radius 2 is 1.65 bits per heavy atom. The van der Waals surface area contributed by atoms with Crippen LogP contribution >= 0.6 is 15.9 Å². The Hall–Kier alpha value is -1.53. The molecule has 0 saturated heterocycles. The molecule has 20 heavy (non-hydrogen) atoms. The van der Waals surface area contributed by atoms with Gasteiger partial charge in [-0.05, 0) is 29.8 Å². The van der Waals surface area contributed by atoms with Crippen molar-refractivity contribution in [3.63, 3.8) is 0 Å². The Kier molecular flexibility index (Phi) is 4.35. The molecule has 2 aromatic rings. The minimum Gasteiger partial charge on any atom is -0.494 e. The van der Waals surface area contributed by atoms with Crippen LogP contribution in [0.15, 0.2) is 34.8 Å². The van der Waals surface area contributed by atoms with Gasteiger partial charge in [-0.2, -0.15) is 0 Å². The number of aliphatic hydroxyl groups excluding tert-OH is 1. The van der Waals surface area contributed by atoms with E-state index in [-0.39, 0.29) is 15.8 Å². The largest absolute Gasteiger partial charge is 0.494 e. The van der Waals surface area contributed by atoms with Crippen molar-refractivity contribution in [3.8, 4) is 5.75 Å². The van der Waals surface area contributed by atoms with Crippen LogP contribution in [0.25, 0.3) is 0 Å². The fourth-order valence-electron chi connectivity index (χ4n) is 1.83. The van der Waals surface area contributed by atoms with Gasteiger partial charge in [-0.1, -0.05) is 22.0 Å². The number of benzene rings is 2. The number of ether oxygens (including phenoxy) is 1. The summed E-state index contributed by atoms with van der Waals surface area (Å²) in [6.45, 7) is 0. The Morgan fingerprint density at radius 3 is 2.15 bits per heavy atom. The number of hydrogen-bond acceptors (Lipinski definition) is 2. The van der Waals surface area contributed by atoms with Gasteiger partial charge in [0, 0.05) is 4.47 Å². The second-order valence-corrected chi connectivity index (χ2v) is 5.00. The number of hydrogen-bond donors (Lipinski definition) is 1. The van der Waals surface area contributed by atoms with E-state index in [1.165, 1.54) is 19.2 Å². The summed E-state index contributed by atoms with van der Waals surface area (Å²) >= 11 is 2.94. The van der Waals surface area contributed by atoms with Gasteiger partial charge in [-0.15, -0.1) is 0 Å². The lowest BCUT2D eigenvalue weighted by Gasteiger charge is -2.14. The van der Waals surface area contributed by atoms with Gasteiger partial charge in [0.15, 0.2) is 11.6 Å². The molecule has 0 radical (unpaired) electrons. The van der Waals surface area contributed by atoms with Crippen LogP contribution in [0.2, 0.25) is 0 Å². The first-order valence-electron chi connectivity index (χ1n) is 5.60. The van der Waals surface area contributed by atoms with Crippen molar-refractivity contribution in [2.24, 2.45) is 0 Å². The van der Waals surface area contributed by atoms with Crippen molar-refractivity contribution in [2.45, 2.75) is 6.10 Å². The number of halogens is 4. The monoisotopic (exact) mass is 346 g/mol. The SMILES string of the molecule is COc1ccc(C(O)c2c(F)cc(Br)cc2F)cc1F. The second-order valence-electron chi connectivity index (χ2n) is 4.08. The molecule has 0 bridgehead atoms. The summed E-state index contributed by atoms with van der Waals surface area (Å²) < 4.78 is 46.0. The van der Waals surface area contributed by atoms with E-state index < -0.39 is 29.1 Å². The third-order valence-electron chi connectivity index (χ3n) is 2.81. The quantitative estimate of drug-likeness (QED) is 0.911. The molecule has 0 saturated carbocycles. The molecule has 0 spiro atoms. The fraction of sp³-hybridized carbons (Fsp3) is 0.143. The van der Waals surface area contributed by atoms with E-state index in [2.05, 4.69) is 15.9 Å². The van der Waals surface area contributed by atoms with E-state index in [1.54, 1.807) is 0 Å². The Labute approximate surface area is 121 Å². The van der Waals surface area contributed by atoms with Crippen molar-refractivity contribution in [3.05, 3.63) is 63.4 Å². The van der Waals surface area contributed by atoms with Gasteiger partial charge in [-0.25, -0.2) is 13.2 Å². The Balaban J connectivity index is 2.46. The molecule has 1 N–H and O–H groups in total. The van der Waals surface area contributed by atoms with Crippen LogP contribution in [0.3, 0.4) is 0 Å². The van der Waals surface area contributed by atoms with E-state index in [9.17, 15) is 18.3 Å². The Bertz CT molecular complexity index is 623. The maximum Gasteiger partial charge on any atom is 0.165 e. The summed E-state index contributed by atoms with van der Waals surface area (Å²) in [7, 11) is 1.29. The third kappa shape index (κ3) is 2.81. The molecular weight excluding hydrogens is 337 g/mol. The molecule has 106 valence electrons. The standard InChI is InChI=1S/C14H10BrF3O2/c1-20-12-3-2-7(4-9(12)16)14(19)13-10(17)5-8(15)6-11(13)18/h2-6,14,19H,1H3. The van der Waals surface area contributed by atoms with Crippen LogP contribution in [-0.2, 0) is 0 Å². The van der Waals surface area contributed by atoms with Gasteiger partial charge in [0.2, 0.25) is 0 Å². The number of methoxy groups -OCH3 is 1. The Morgan fingerprint density at radius 1 is 1.05 bits per heavy atom. The predicted octanol–water partition coefficient (Wildman–Crippen LogP) is 3.96. The molecule has 0 aliphatic rings. The molecular formula is C14H10BrF3O2. The third-order valence-corrected chi connectivity index (χ3v) is 3.27. The lowest BCUT2D eigenvalue weighted by Crippen LogP contribution is -2.06. The van der Waals surface area contributed by atoms with Crippen LogP contribution in [0, 0.1) is 17.5 Å². The van der Waals surface area contributed by atoms with Crippen molar-refractivity contribution >= 4 is 15.9 Å². The molecule has 6 heteroatoms. The van der Waals surface area contributed by atoms with Crippen LogP contribution in [0.4, 0.5) is 13.2 Å². The first kappa shape index (κ1) is 14.9. The number of aliphatic hydroxyl groups is 1. The molecule has 1 unspecified atom stereocenters. The summed E-state index contributed by atoms with van der Waals surface area (Å²) in [5, 5.41) is 10.0. The summed E-state index contributed by atoms with van der Waals surface area (Å²) in [4.78, 5) is 0. The molecule has 0 aromatic heterocycles. The van der Waals surface area contributed by atoms with Gasteiger partial charge in [-0.3, -0.25) is 0 Å². The molecule has 2 rings (SSSR count). The zero-order valence-corrected chi connectivity index (χ0v) is 11.9. The van der Waals surface area contributed by atoms with Crippen molar-refractivity contribution < 1.29 is 23.0 Å². The second kappa shape index (κ2) is 5.85. The lowest BCUT2D eigenvalue weighted by molar-refractivity contribution is 0.208. The molecule has 2 nitrogen and oxygen atoms in total. The molecule has 0 heterocycles. The van der Waals surface area contributed by atoms with Crippen molar-refractivity contribution in [1.29, 1.82) is 0 Å². The van der Waals surface area contributed by atoms with E-state index in [4.69, 9.17) is 4.74 Å². The zero-order valence-electron chi connectivity index (χ0n) is 10.3. The van der Waals surface area contributed by atoms with Gasteiger partial charge in [0.1, 0.15) is 17.7 Å². The summed E-state index contributed by atoms with van der Waals surface area (Å²) in [5.74, 6) is -2.57. The highest BCUT2D eigenvalue weighted by Gasteiger charge is 2.21. The fourth-order valence-corrected chi connectivity index (χ4v) is 2.24. The van der Waals surface area contributed by atoms with Gasteiger partial charge < -0.3 is 9.84 Å². The molecule has 0 aliphatic heterocycles. The molecule has 2 aromatic carbocycles. The van der Waals surface area contributed by atoms with E-state index in [0.29, 0.717) is 0 Å². The lowest BCUT2D eigenvalue weighted by atomic mass is 10.0. The van der Waals surface area contributed by atoms with Crippen LogP contribution in [0.1, 0.15) is 17.2 Å². The van der Waals surface area contributed by atoms with E-state index in [1.807, 2.05) is 0 Å². The molecule has 0 amide bonds. The van der Waals surface area contributed by atoms with Gasteiger partial charge in [0.25, 0.3) is 0 Å². The average molecular weight is 347 g/mol. The highest BCUT2D eigenvalue weighted by molar-refractivity contribution is 9.10. The highest BCUT2D eigenvalue weighted by Crippen LogP contribution is 2.31. The number of rotatable bonds is 3. The molecule has 1 atom stereocenters. The topological polar surface area (TPSA) is 29.5 Å². The average Bonchev–Trinajstić information content (AvgIpc) is 2.37. The minimum atomic E-state index is -1.61. The zero-order chi connectivity index (χ0) is 14.9. The van der Waals surface area contributed by atoms with E-state index >= 15 is 0 Å². The van der Waals surface area contributed by atoms with Crippen LogP contribution in [-0.4, -0.2) is 12.2 Å². The predicted molar refractivity (Wildman–Crippen MR) is 71.1 cm³/mol. The molecule has 0 aliphatic carbocycles. The van der Waals surface area contributed by atoms with Crippen molar-refractivity contribution in [2.75, 3.05) is 7.11 Å². The first-order chi connectivity index (χ1) is 9.43. The molecule has 0 fully saturated rings. The normalized spacial score (nSPS) is 12.3. The summed E-state index contributed by atoms with van der Waals surface area (Å²) in [5.41, 5.74) is -0.499. The summed E-state index contributed by atoms with van der Waals surface area (Å²) in [6, 6.07) is 5.66. The highest BCUT2D eigenvalue weighted by atomic mass is 79.9. The van der Waals surface area contributed by atoms with Crippen LogP contribution < -0.4 is 4.74 Å². The first-order valence-corrected chi connectivity index (χ1v) is 6.39. The van der Waals surface area contributed by atoms with E-state index in [0.717, 1.165) is 18.2 Å². The maximum atomic E-state index is 13.7.